The van der Waals surface area contributed by atoms with Gasteiger partial charge in [-0.2, -0.15) is 0 Å². The van der Waals surface area contributed by atoms with Gasteiger partial charge in [0.05, 0.1) is 0 Å². The van der Waals surface area contributed by atoms with Gasteiger partial charge in [-0.25, -0.2) is 0 Å². The van der Waals surface area contributed by atoms with Crippen LogP contribution in [0.4, 0.5) is 0 Å². The highest BCUT2D eigenvalue weighted by molar-refractivity contribution is 5.82. The van der Waals surface area contributed by atoms with Gasteiger partial charge < -0.3 is 4.90 Å². The van der Waals surface area contributed by atoms with Crippen LogP contribution in [0.25, 0.3) is 0 Å². The number of carbonyl (C=O) groups excluding carboxylic acids is 1. The number of unbranched alkanes of at least 4 members (excludes halogenated alkanes) is 2. The van der Waals surface area contributed by atoms with E-state index in [0.29, 0.717) is 11.9 Å². The third-order valence-corrected chi connectivity index (χ3v) is 3.35. The molecule has 0 aliphatic rings. The molecule has 0 aliphatic carbocycles. The zero-order chi connectivity index (χ0) is 12.8. The van der Waals surface area contributed by atoms with Crippen LogP contribution in [0.1, 0.15) is 67.2 Å². The second-order valence-electron chi connectivity index (χ2n) is 5.54. The molecule has 0 fully saturated rings. The molecule has 2 nitrogen and oxygen atoms in total. The highest BCUT2D eigenvalue weighted by atomic mass is 16.2. The number of hydrogen-bond donors (Lipinski definition) is 0. The normalized spacial score (nSPS) is 11.9. The highest BCUT2D eigenvalue weighted by Crippen LogP contribution is 2.24. The van der Waals surface area contributed by atoms with Crippen molar-refractivity contribution in [3.05, 3.63) is 0 Å². The maximum Gasteiger partial charge on any atom is 0.228 e. The molecule has 0 spiro atoms. The van der Waals surface area contributed by atoms with E-state index in [0.717, 1.165) is 19.4 Å². The minimum Gasteiger partial charge on any atom is -0.340 e. The minimum absolute atomic E-state index is 0.212. The van der Waals surface area contributed by atoms with Crippen molar-refractivity contribution in [1.29, 1.82) is 0 Å². The van der Waals surface area contributed by atoms with Crippen LogP contribution in [0.2, 0.25) is 0 Å². The molecule has 0 N–H and O–H groups in total. The summed E-state index contributed by atoms with van der Waals surface area (Å²) in [6, 6.07) is 0.315. The van der Waals surface area contributed by atoms with Crippen LogP contribution in [0.3, 0.4) is 0 Å². The Kier molecular flexibility index (Phi) is 6.70. The number of carbonyl (C=O) groups is 1. The molecule has 0 unspecified atom stereocenters. The lowest BCUT2D eigenvalue weighted by atomic mass is 9.88. The lowest BCUT2D eigenvalue weighted by Crippen LogP contribution is -2.45. The molecule has 0 aromatic heterocycles. The van der Waals surface area contributed by atoms with Crippen molar-refractivity contribution in [2.45, 2.75) is 73.3 Å². The van der Waals surface area contributed by atoms with Crippen molar-refractivity contribution < 1.29 is 4.79 Å². The van der Waals surface area contributed by atoms with E-state index in [1.54, 1.807) is 0 Å². The fourth-order valence-corrected chi connectivity index (χ4v) is 1.67. The Bertz CT molecular complexity index is 209. The third kappa shape index (κ3) is 4.54. The molecular formula is C14H29NO. The van der Waals surface area contributed by atoms with Gasteiger partial charge in [0.15, 0.2) is 0 Å². The predicted octanol–water partition coefficient (Wildman–Crippen LogP) is 3.85. The van der Waals surface area contributed by atoms with E-state index in [1.807, 2.05) is 18.7 Å². The summed E-state index contributed by atoms with van der Waals surface area (Å²) >= 11 is 0. The molecule has 0 aliphatic heterocycles. The van der Waals surface area contributed by atoms with Crippen molar-refractivity contribution >= 4 is 5.91 Å². The predicted molar refractivity (Wildman–Crippen MR) is 70.4 cm³/mol. The summed E-state index contributed by atoms with van der Waals surface area (Å²) in [5.41, 5.74) is -0.212. The molecule has 0 rings (SSSR count). The second-order valence-corrected chi connectivity index (χ2v) is 5.54. The van der Waals surface area contributed by atoms with Gasteiger partial charge in [0.2, 0.25) is 5.91 Å². The molecule has 2 heteroatoms. The first-order valence-electron chi connectivity index (χ1n) is 6.67. The summed E-state index contributed by atoms with van der Waals surface area (Å²) in [5, 5.41) is 0. The quantitative estimate of drug-likeness (QED) is 0.605. The number of rotatable bonds is 7. The van der Waals surface area contributed by atoms with Crippen molar-refractivity contribution in [3.63, 3.8) is 0 Å². The van der Waals surface area contributed by atoms with Gasteiger partial charge in [-0.15, -0.1) is 0 Å². The third-order valence-electron chi connectivity index (χ3n) is 3.35. The molecule has 0 saturated heterocycles. The van der Waals surface area contributed by atoms with Crippen LogP contribution in [0, 0.1) is 5.41 Å². The molecular weight excluding hydrogens is 198 g/mol. The molecule has 0 aromatic carbocycles. The van der Waals surface area contributed by atoms with Gasteiger partial charge >= 0.3 is 0 Å². The molecule has 0 saturated carbocycles. The summed E-state index contributed by atoms with van der Waals surface area (Å²) in [6.07, 6.45) is 4.45. The SMILES string of the molecule is CCCCCN(C(=O)C(C)(C)CC)C(C)C. The summed E-state index contributed by atoms with van der Waals surface area (Å²) in [4.78, 5) is 14.4. The topological polar surface area (TPSA) is 20.3 Å². The van der Waals surface area contributed by atoms with Gasteiger partial charge in [0, 0.05) is 18.0 Å². The average Bonchev–Trinajstić information content (AvgIpc) is 2.23. The molecule has 0 atom stereocenters. The molecule has 96 valence electrons. The van der Waals surface area contributed by atoms with E-state index in [4.69, 9.17) is 0 Å². The fourth-order valence-electron chi connectivity index (χ4n) is 1.67. The Labute approximate surface area is 101 Å². The maximum atomic E-state index is 12.4. The molecule has 0 radical (unpaired) electrons. The Balaban J connectivity index is 4.47. The Morgan fingerprint density at radius 1 is 1.19 bits per heavy atom. The monoisotopic (exact) mass is 227 g/mol. The van der Waals surface area contributed by atoms with Gasteiger partial charge in [-0.05, 0) is 26.7 Å². The zero-order valence-corrected chi connectivity index (χ0v) is 12.0. The lowest BCUT2D eigenvalue weighted by Gasteiger charge is -2.34. The molecule has 16 heavy (non-hydrogen) atoms. The summed E-state index contributed by atoms with van der Waals surface area (Å²) in [6.45, 7) is 13.5. The molecule has 0 bridgehead atoms. The second kappa shape index (κ2) is 6.93. The Morgan fingerprint density at radius 2 is 1.75 bits per heavy atom. The lowest BCUT2D eigenvalue weighted by molar-refractivity contribution is -0.142. The van der Waals surface area contributed by atoms with Crippen LogP contribution < -0.4 is 0 Å². The van der Waals surface area contributed by atoms with E-state index < -0.39 is 0 Å². The van der Waals surface area contributed by atoms with Crippen molar-refractivity contribution in [1.82, 2.24) is 4.90 Å². The molecule has 0 aromatic rings. The average molecular weight is 227 g/mol. The minimum atomic E-state index is -0.212. The van der Waals surface area contributed by atoms with E-state index in [1.165, 1.54) is 12.8 Å². The van der Waals surface area contributed by atoms with Gasteiger partial charge in [-0.1, -0.05) is 40.5 Å². The molecule has 0 heterocycles. The first-order valence-corrected chi connectivity index (χ1v) is 6.67. The number of amides is 1. The highest BCUT2D eigenvalue weighted by Gasteiger charge is 2.31. The standard InChI is InChI=1S/C14H29NO/c1-7-9-10-11-15(12(3)4)13(16)14(5,6)8-2/h12H,7-11H2,1-6H3. The summed E-state index contributed by atoms with van der Waals surface area (Å²) < 4.78 is 0. The van der Waals surface area contributed by atoms with Gasteiger partial charge in [0.1, 0.15) is 0 Å². The van der Waals surface area contributed by atoms with E-state index >= 15 is 0 Å². The van der Waals surface area contributed by atoms with Gasteiger partial charge in [0.25, 0.3) is 0 Å². The van der Waals surface area contributed by atoms with Crippen LogP contribution in [-0.4, -0.2) is 23.4 Å². The van der Waals surface area contributed by atoms with Crippen LogP contribution in [-0.2, 0) is 4.79 Å². The number of nitrogens with zero attached hydrogens (tertiary/aromatic N) is 1. The van der Waals surface area contributed by atoms with E-state index in [2.05, 4.69) is 27.7 Å². The van der Waals surface area contributed by atoms with Crippen LogP contribution in [0.15, 0.2) is 0 Å². The molecule has 1 amide bonds. The summed E-state index contributed by atoms with van der Waals surface area (Å²) in [5.74, 6) is 0.307. The fraction of sp³-hybridized carbons (Fsp3) is 0.929. The Morgan fingerprint density at radius 3 is 2.12 bits per heavy atom. The van der Waals surface area contributed by atoms with Crippen LogP contribution in [0.5, 0.6) is 0 Å². The smallest absolute Gasteiger partial charge is 0.228 e. The Hall–Kier alpha value is -0.530. The van der Waals surface area contributed by atoms with Crippen molar-refractivity contribution in [3.8, 4) is 0 Å². The zero-order valence-electron chi connectivity index (χ0n) is 12.0. The maximum absolute atomic E-state index is 12.4. The summed E-state index contributed by atoms with van der Waals surface area (Å²) in [7, 11) is 0. The van der Waals surface area contributed by atoms with Crippen LogP contribution >= 0.6 is 0 Å². The van der Waals surface area contributed by atoms with Gasteiger partial charge in [-0.3, -0.25) is 4.79 Å². The van der Waals surface area contributed by atoms with E-state index in [9.17, 15) is 4.79 Å². The number of hydrogen-bond acceptors (Lipinski definition) is 1. The largest absolute Gasteiger partial charge is 0.340 e. The first kappa shape index (κ1) is 15.5. The van der Waals surface area contributed by atoms with E-state index in [-0.39, 0.29) is 5.41 Å². The van der Waals surface area contributed by atoms with Crippen molar-refractivity contribution in [2.24, 2.45) is 5.41 Å². The van der Waals surface area contributed by atoms with Crippen molar-refractivity contribution in [2.75, 3.05) is 6.54 Å². The first-order chi connectivity index (χ1) is 7.36.